The van der Waals surface area contributed by atoms with Crippen molar-refractivity contribution >= 4 is 28.7 Å². The van der Waals surface area contributed by atoms with Crippen LogP contribution in [0.3, 0.4) is 0 Å². The lowest BCUT2D eigenvalue weighted by Gasteiger charge is -2.17. The molecular formula is C24H31FN6O4S. The predicted octanol–water partition coefficient (Wildman–Crippen LogP) is 2.18. The van der Waals surface area contributed by atoms with Crippen molar-refractivity contribution in [2.24, 2.45) is 0 Å². The van der Waals surface area contributed by atoms with Gasteiger partial charge in [0, 0.05) is 32.2 Å². The molecule has 194 valence electrons. The van der Waals surface area contributed by atoms with Crippen molar-refractivity contribution in [1.29, 1.82) is 0 Å². The van der Waals surface area contributed by atoms with Gasteiger partial charge in [0.2, 0.25) is 0 Å². The van der Waals surface area contributed by atoms with E-state index in [1.807, 2.05) is 0 Å². The molecule has 0 aliphatic heterocycles. The van der Waals surface area contributed by atoms with Crippen molar-refractivity contribution in [1.82, 2.24) is 25.0 Å². The van der Waals surface area contributed by atoms with E-state index in [1.54, 1.807) is 0 Å². The van der Waals surface area contributed by atoms with E-state index >= 15 is 0 Å². The molecule has 5 rings (SSSR count). The number of hydrogen-bond donors (Lipinski definition) is 4. The van der Waals surface area contributed by atoms with Gasteiger partial charge < -0.3 is 25.4 Å². The van der Waals surface area contributed by atoms with E-state index in [1.165, 1.54) is 6.92 Å². The largest absolute Gasteiger partial charge is 0.394 e. The number of anilines is 1. The number of benzene rings is 1. The molecule has 0 spiro atoms. The standard InChI is InChI=1S/C24H31FN6O4S/c1-3-8-36-24-27-22(26-16-10-14(16)13-5-4-12(2)15(25)9-13)19-23(28-24)31(30-29-19)17-11-18(35-7-6-32)21(34)20(17)33/h4-5,9,14,16-18,20-21,32-34H,3,6-8,10-11H2,1-2H3,(H,26,27,28)/t14-,16+,17+,18-,20-,21+/m0/s1/i4D,5D,7D2,8D2,9D,10D2,11D2,16D,17D,18D,20D,21D. The second-order valence-electron chi connectivity index (χ2n) is 7.38. The summed E-state index contributed by atoms with van der Waals surface area (Å²) in [6.45, 7) is -2.37. The number of nitrogens with one attached hydrogen (secondary N) is 1. The highest BCUT2D eigenvalue weighted by Crippen LogP contribution is 2.44. The van der Waals surface area contributed by atoms with Crippen LogP contribution in [0.2, 0.25) is 0 Å². The normalized spacial score (nSPS) is 47.9. The average molecular weight is 535 g/mol. The highest BCUT2D eigenvalue weighted by atomic mass is 32.2. The first-order valence-electron chi connectivity index (χ1n) is 18.5. The number of aromatic nitrogens is 5. The molecule has 2 aromatic heterocycles. The lowest BCUT2D eigenvalue weighted by atomic mass is 10.1. The minimum atomic E-state index is -4.25. The van der Waals surface area contributed by atoms with Crippen LogP contribution in [0.25, 0.3) is 11.2 Å². The fourth-order valence-corrected chi connectivity index (χ4v) is 3.70. The maximum absolute atomic E-state index is 14.9. The first-order valence-corrected chi connectivity index (χ1v) is 11.3. The molecule has 3 aromatic rings. The molecule has 1 aromatic carbocycles. The summed E-state index contributed by atoms with van der Waals surface area (Å²) in [4.78, 5) is 8.14. The highest BCUT2D eigenvalue weighted by molar-refractivity contribution is 7.99. The van der Waals surface area contributed by atoms with Crippen LogP contribution in [0.5, 0.6) is 0 Å². The van der Waals surface area contributed by atoms with E-state index < -0.39 is 119 Å². The minimum absolute atomic E-state index is 0.0165. The fourth-order valence-electron chi connectivity index (χ4n) is 3.16. The van der Waals surface area contributed by atoms with Gasteiger partial charge in [0.25, 0.3) is 0 Å². The summed E-state index contributed by atoms with van der Waals surface area (Å²) in [5.41, 5.74) is -4.73. The van der Waals surface area contributed by atoms with Gasteiger partial charge in [-0.2, -0.15) is 0 Å². The maximum Gasteiger partial charge on any atom is 0.191 e. The lowest BCUT2D eigenvalue weighted by molar-refractivity contribution is -0.0629. The highest BCUT2D eigenvalue weighted by Gasteiger charge is 2.45. The first kappa shape index (κ1) is 12.4. The van der Waals surface area contributed by atoms with Gasteiger partial charge in [-0.25, -0.2) is 19.0 Å². The van der Waals surface area contributed by atoms with Crippen molar-refractivity contribution < 1.29 is 46.4 Å². The third kappa shape index (κ3) is 4.92. The zero-order valence-electron chi connectivity index (χ0n) is 34.8. The third-order valence-corrected chi connectivity index (χ3v) is 5.74. The number of rotatable bonds is 10. The van der Waals surface area contributed by atoms with Gasteiger partial charge in [-0.15, -0.1) is 5.10 Å². The topological polar surface area (TPSA) is 138 Å². The first-order chi connectivity index (χ1) is 23.4. The Bertz CT molecular complexity index is 1950. The number of nitrogens with zero attached hydrogens (tertiary/aromatic N) is 5. The molecule has 0 bridgehead atoms. The zero-order valence-corrected chi connectivity index (χ0v) is 19.6. The van der Waals surface area contributed by atoms with Crippen LogP contribution in [0, 0.1) is 12.7 Å². The molecular weight excluding hydrogens is 487 g/mol. The Balaban J connectivity index is 1.75. The Labute approximate surface area is 234 Å². The number of ether oxygens (including phenoxy) is 1. The van der Waals surface area contributed by atoms with Gasteiger partial charge in [-0.3, -0.25) is 0 Å². The van der Waals surface area contributed by atoms with Crippen molar-refractivity contribution in [2.75, 3.05) is 24.2 Å². The molecule has 36 heavy (non-hydrogen) atoms. The minimum Gasteiger partial charge on any atom is -0.394 e. The summed E-state index contributed by atoms with van der Waals surface area (Å²) >= 11 is 0.316. The molecule has 2 fully saturated rings. The average Bonchev–Trinajstić information content (AvgIpc) is 3.28. The van der Waals surface area contributed by atoms with Gasteiger partial charge in [0.05, 0.1) is 39.0 Å². The van der Waals surface area contributed by atoms with E-state index in [0.29, 0.717) is 11.8 Å². The molecule has 4 N–H and O–H groups in total. The number of halogens is 1. The SMILES string of the molecule is [2H]c1c([2H])c([C@@H]2C([2H])([2H])[C@@]2([2H])Nc2nc(SC([2H])([2H])CC)nc3c2nnn3[C@]2([2H])C([2H])([2H])[C@]([2H])(OC([2H])([2H])CO)[C@@]([2H])(O)[C@@]2([2H])O)c([2H])c(F)c1C. The molecule has 0 saturated heterocycles. The molecule has 10 nitrogen and oxygen atoms in total. The van der Waals surface area contributed by atoms with E-state index in [-0.39, 0.29) is 16.7 Å². The zero-order chi connectivity index (χ0) is 39.8. The van der Waals surface area contributed by atoms with E-state index in [0.717, 1.165) is 6.92 Å². The maximum atomic E-state index is 14.9. The number of hydrogen-bond acceptors (Lipinski definition) is 10. The van der Waals surface area contributed by atoms with Crippen molar-refractivity contribution in [3.63, 3.8) is 0 Å². The number of thioether (sulfide) groups is 1. The molecule has 2 heterocycles. The van der Waals surface area contributed by atoms with Crippen LogP contribution in [0.4, 0.5) is 10.2 Å². The summed E-state index contributed by atoms with van der Waals surface area (Å²) in [6, 6.07) is -8.91. The van der Waals surface area contributed by atoms with Crippen LogP contribution in [0.15, 0.2) is 23.3 Å². The number of aliphatic hydroxyl groups excluding tert-OH is 1. The molecule has 0 radical (unpaired) electrons. The van der Waals surface area contributed by atoms with Crippen LogP contribution in [0.1, 0.15) is 71.1 Å². The Morgan fingerprint density at radius 2 is 2.19 bits per heavy atom. The Morgan fingerprint density at radius 1 is 1.36 bits per heavy atom. The molecule has 6 atom stereocenters. The molecule has 0 unspecified atom stereocenters. The second-order valence-corrected chi connectivity index (χ2v) is 8.23. The van der Waals surface area contributed by atoms with E-state index in [4.69, 9.17) is 21.9 Å². The molecule has 0 amide bonds. The Morgan fingerprint density at radius 3 is 2.97 bits per heavy atom. The molecule has 2 aliphatic carbocycles. The quantitative estimate of drug-likeness (QED) is 0.226. The summed E-state index contributed by atoms with van der Waals surface area (Å²) in [5.74, 6) is -3.73. The van der Waals surface area contributed by atoms with Crippen molar-refractivity contribution in [2.45, 2.75) is 74.4 Å². The van der Waals surface area contributed by atoms with Crippen LogP contribution < -0.4 is 5.32 Å². The smallest absolute Gasteiger partial charge is 0.191 e. The summed E-state index contributed by atoms with van der Waals surface area (Å²) in [6.07, 6.45) is -19.5. The van der Waals surface area contributed by atoms with Gasteiger partial charge in [0.1, 0.15) is 18.0 Å². The van der Waals surface area contributed by atoms with Crippen LogP contribution in [-0.2, 0) is 4.74 Å². The summed E-state index contributed by atoms with van der Waals surface area (Å²) in [5, 5.41) is 40.8. The monoisotopic (exact) mass is 534 g/mol. The lowest BCUT2D eigenvalue weighted by Crippen LogP contribution is -2.33. The fraction of sp³-hybridized carbons (Fsp3) is 0.583. The van der Waals surface area contributed by atoms with Crippen LogP contribution >= 0.6 is 11.8 Å². The number of aliphatic hydroxyl groups is 3. The predicted molar refractivity (Wildman–Crippen MR) is 133 cm³/mol. The molecule has 2 aliphatic rings. The van der Waals surface area contributed by atoms with Gasteiger partial charge in [0.15, 0.2) is 22.1 Å². The second kappa shape index (κ2) is 10.5. The van der Waals surface area contributed by atoms with Crippen LogP contribution in [-0.4, -0.2) is 83.4 Å². The summed E-state index contributed by atoms with van der Waals surface area (Å²) < 4.78 is 154. The van der Waals surface area contributed by atoms with Gasteiger partial charge in [-0.1, -0.05) is 36.0 Å². The molecule has 2 saturated carbocycles. The van der Waals surface area contributed by atoms with E-state index in [9.17, 15) is 19.7 Å². The van der Waals surface area contributed by atoms with E-state index in [2.05, 4.69) is 30.3 Å². The van der Waals surface area contributed by atoms with Gasteiger partial charge >= 0.3 is 0 Å². The number of fused-ring (bicyclic) bond motifs is 1. The van der Waals surface area contributed by atoms with Crippen molar-refractivity contribution in [3.8, 4) is 0 Å². The Kier molecular flexibility index (Phi) is 3.64. The molecule has 12 heteroatoms. The van der Waals surface area contributed by atoms with Crippen molar-refractivity contribution in [3.05, 3.63) is 35.1 Å². The van der Waals surface area contributed by atoms with Gasteiger partial charge in [-0.05, 0) is 36.9 Å². The third-order valence-electron chi connectivity index (χ3n) is 4.94. The summed E-state index contributed by atoms with van der Waals surface area (Å²) in [7, 11) is 0. The Hall–Kier alpha value is -2.38.